The number of carbonyl (C=O) groups is 2. The Labute approximate surface area is 168 Å². The number of carbonyl (C=O) groups excluding carboxylic acids is 1. The molecular weight excluding hydrogens is 392 g/mol. The highest BCUT2D eigenvalue weighted by Crippen LogP contribution is 2.33. The number of benzene rings is 3. The van der Waals surface area contributed by atoms with Gasteiger partial charge in [0.2, 0.25) is 5.91 Å². The molecule has 0 saturated heterocycles. The van der Waals surface area contributed by atoms with Gasteiger partial charge in [-0.15, -0.1) is 0 Å². The highest BCUT2D eigenvalue weighted by atomic mass is 32.2. The fraction of sp³-hybridized carbons (Fsp3) is 0.143. The van der Waals surface area contributed by atoms with Crippen LogP contribution in [0.4, 0.5) is 11.4 Å². The first-order valence-electron chi connectivity index (χ1n) is 8.84. The third-order valence-electron chi connectivity index (χ3n) is 4.44. The van der Waals surface area contributed by atoms with Crippen molar-refractivity contribution in [3.8, 4) is 0 Å². The predicted molar refractivity (Wildman–Crippen MR) is 111 cm³/mol. The molecule has 0 aromatic heterocycles. The molecule has 7 nitrogen and oxygen atoms in total. The largest absolute Gasteiger partial charge is 0.480 e. The average molecular weight is 412 g/mol. The molecule has 1 atom stereocenters. The molecule has 0 spiro atoms. The molecular formula is C21H20N2O5S. The number of amides is 1. The molecule has 0 bridgehead atoms. The van der Waals surface area contributed by atoms with E-state index in [0.717, 1.165) is 9.69 Å². The summed E-state index contributed by atoms with van der Waals surface area (Å²) in [6.07, 6.45) is 0. The highest BCUT2D eigenvalue weighted by Gasteiger charge is 2.34. The van der Waals surface area contributed by atoms with Crippen molar-refractivity contribution in [1.82, 2.24) is 0 Å². The lowest BCUT2D eigenvalue weighted by atomic mass is 10.1. The molecule has 1 unspecified atom stereocenters. The third kappa shape index (κ3) is 4.07. The van der Waals surface area contributed by atoms with Crippen LogP contribution in [0.2, 0.25) is 0 Å². The Bertz CT molecular complexity index is 1170. The first kappa shape index (κ1) is 20.3. The Morgan fingerprint density at radius 2 is 1.59 bits per heavy atom. The number of aliphatic carboxylic acids is 1. The molecule has 0 saturated carbocycles. The minimum Gasteiger partial charge on any atom is -0.480 e. The Morgan fingerprint density at radius 3 is 2.21 bits per heavy atom. The average Bonchev–Trinajstić information content (AvgIpc) is 2.68. The van der Waals surface area contributed by atoms with Crippen molar-refractivity contribution in [2.75, 3.05) is 9.62 Å². The van der Waals surface area contributed by atoms with Crippen LogP contribution in [0.1, 0.15) is 13.8 Å². The molecule has 8 heteroatoms. The summed E-state index contributed by atoms with van der Waals surface area (Å²) in [5.41, 5.74) is 0.725. The topological polar surface area (TPSA) is 104 Å². The Kier molecular flexibility index (Phi) is 5.56. The maximum atomic E-state index is 13.4. The molecule has 3 aromatic carbocycles. The van der Waals surface area contributed by atoms with Crippen LogP contribution in [-0.2, 0) is 19.6 Å². The molecule has 3 rings (SSSR count). The van der Waals surface area contributed by atoms with Crippen LogP contribution in [0, 0.1) is 0 Å². The minimum absolute atomic E-state index is 0.0763. The van der Waals surface area contributed by atoms with Crippen molar-refractivity contribution in [1.29, 1.82) is 0 Å². The number of rotatable bonds is 6. The smallest absolute Gasteiger partial charge is 0.327 e. The molecule has 150 valence electrons. The van der Waals surface area contributed by atoms with E-state index < -0.39 is 22.0 Å². The Morgan fingerprint density at radius 1 is 0.966 bits per heavy atom. The number of hydrogen-bond acceptors (Lipinski definition) is 4. The van der Waals surface area contributed by atoms with Gasteiger partial charge in [-0.2, -0.15) is 0 Å². The van der Waals surface area contributed by atoms with E-state index in [1.807, 2.05) is 18.2 Å². The minimum atomic E-state index is -4.20. The van der Waals surface area contributed by atoms with Gasteiger partial charge in [0.25, 0.3) is 10.0 Å². The number of carboxylic acid groups (broad SMARTS) is 1. The zero-order valence-electron chi connectivity index (χ0n) is 15.9. The van der Waals surface area contributed by atoms with Crippen LogP contribution in [0.5, 0.6) is 0 Å². The van der Waals surface area contributed by atoms with Crippen molar-refractivity contribution < 1.29 is 23.1 Å². The van der Waals surface area contributed by atoms with Crippen LogP contribution in [0.3, 0.4) is 0 Å². The zero-order chi connectivity index (χ0) is 21.2. The molecule has 0 heterocycles. The lowest BCUT2D eigenvalue weighted by Crippen LogP contribution is -2.43. The summed E-state index contributed by atoms with van der Waals surface area (Å²) in [5.74, 6) is -1.55. The number of nitrogens with one attached hydrogen (secondary N) is 1. The van der Waals surface area contributed by atoms with Gasteiger partial charge in [-0.3, -0.25) is 9.10 Å². The van der Waals surface area contributed by atoms with E-state index >= 15 is 0 Å². The standard InChI is InChI=1S/C21H20N2O5S/c1-14(21(25)26)23(20-9-5-7-16-6-3-4-8-19(16)20)29(27,28)18-12-10-17(11-13-18)22-15(2)24/h3-14H,1-2H3,(H,22,24)(H,25,26). The normalized spacial score (nSPS) is 12.3. The monoisotopic (exact) mass is 412 g/mol. The molecule has 1 amide bonds. The molecule has 0 aliphatic rings. The van der Waals surface area contributed by atoms with E-state index in [-0.39, 0.29) is 16.5 Å². The predicted octanol–water partition coefficient (Wildman–Crippen LogP) is 3.47. The second kappa shape index (κ2) is 7.92. The summed E-state index contributed by atoms with van der Waals surface area (Å²) in [5, 5.41) is 13.6. The fourth-order valence-corrected chi connectivity index (χ4v) is 4.71. The fourth-order valence-electron chi connectivity index (χ4n) is 3.07. The number of carboxylic acids is 1. The van der Waals surface area contributed by atoms with Gasteiger partial charge in [0.05, 0.1) is 10.6 Å². The van der Waals surface area contributed by atoms with Gasteiger partial charge >= 0.3 is 5.97 Å². The van der Waals surface area contributed by atoms with Gasteiger partial charge in [0.15, 0.2) is 0 Å². The van der Waals surface area contributed by atoms with Gasteiger partial charge in [-0.25, -0.2) is 13.2 Å². The lowest BCUT2D eigenvalue weighted by Gasteiger charge is -2.29. The molecule has 3 aromatic rings. The second-order valence-electron chi connectivity index (χ2n) is 6.52. The quantitative estimate of drug-likeness (QED) is 0.645. The number of fused-ring (bicyclic) bond motifs is 1. The third-order valence-corrected chi connectivity index (χ3v) is 6.34. The second-order valence-corrected chi connectivity index (χ2v) is 8.33. The van der Waals surface area contributed by atoms with Gasteiger partial charge in [0, 0.05) is 18.0 Å². The van der Waals surface area contributed by atoms with Crippen molar-refractivity contribution in [3.63, 3.8) is 0 Å². The lowest BCUT2D eigenvalue weighted by molar-refractivity contribution is -0.137. The van der Waals surface area contributed by atoms with Gasteiger partial charge in [0.1, 0.15) is 6.04 Å². The molecule has 0 radical (unpaired) electrons. The van der Waals surface area contributed by atoms with Gasteiger partial charge < -0.3 is 10.4 Å². The first-order chi connectivity index (χ1) is 13.7. The molecule has 0 aliphatic carbocycles. The van der Waals surface area contributed by atoms with Crippen molar-refractivity contribution in [2.45, 2.75) is 24.8 Å². The van der Waals surface area contributed by atoms with Gasteiger partial charge in [-0.1, -0.05) is 36.4 Å². The zero-order valence-corrected chi connectivity index (χ0v) is 16.7. The number of sulfonamides is 1. The van der Waals surface area contributed by atoms with E-state index in [1.165, 1.54) is 38.1 Å². The summed E-state index contributed by atoms with van der Waals surface area (Å²) in [6.45, 7) is 2.68. The number of anilines is 2. The van der Waals surface area contributed by atoms with Crippen LogP contribution < -0.4 is 9.62 Å². The Balaban J connectivity index is 2.16. The number of hydrogen-bond donors (Lipinski definition) is 2. The van der Waals surface area contributed by atoms with E-state index in [9.17, 15) is 23.1 Å². The number of nitrogens with zero attached hydrogens (tertiary/aromatic N) is 1. The van der Waals surface area contributed by atoms with Crippen LogP contribution in [0.25, 0.3) is 10.8 Å². The SMILES string of the molecule is CC(=O)Nc1ccc(S(=O)(=O)N(c2cccc3ccccc23)C(C)C(=O)O)cc1. The van der Waals surface area contributed by atoms with Crippen LogP contribution in [0.15, 0.2) is 71.6 Å². The van der Waals surface area contributed by atoms with Crippen LogP contribution in [-0.4, -0.2) is 31.4 Å². The highest BCUT2D eigenvalue weighted by molar-refractivity contribution is 7.93. The van der Waals surface area contributed by atoms with E-state index in [1.54, 1.807) is 24.3 Å². The molecule has 0 aliphatic heterocycles. The van der Waals surface area contributed by atoms with Crippen molar-refractivity contribution in [3.05, 3.63) is 66.7 Å². The summed E-state index contributed by atoms with van der Waals surface area (Å²) in [4.78, 5) is 22.8. The van der Waals surface area contributed by atoms with Crippen molar-refractivity contribution >= 4 is 44.0 Å². The summed E-state index contributed by atoms with van der Waals surface area (Å²) in [6, 6.07) is 16.6. The summed E-state index contributed by atoms with van der Waals surface area (Å²) >= 11 is 0. The molecule has 29 heavy (non-hydrogen) atoms. The molecule has 0 fully saturated rings. The summed E-state index contributed by atoms with van der Waals surface area (Å²) < 4.78 is 27.8. The molecule has 2 N–H and O–H groups in total. The van der Waals surface area contributed by atoms with Crippen LogP contribution >= 0.6 is 0 Å². The van der Waals surface area contributed by atoms with Crippen molar-refractivity contribution in [2.24, 2.45) is 0 Å². The van der Waals surface area contributed by atoms with E-state index in [2.05, 4.69) is 5.32 Å². The maximum Gasteiger partial charge on any atom is 0.327 e. The van der Waals surface area contributed by atoms with Gasteiger partial charge in [-0.05, 0) is 42.6 Å². The van der Waals surface area contributed by atoms with E-state index in [0.29, 0.717) is 11.1 Å². The maximum absolute atomic E-state index is 13.4. The Hall–Kier alpha value is -3.39. The first-order valence-corrected chi connectivity index (χ1v) is 10.3. The summed E-state index contributed by atoms with van der Waals surface area (Å²) in [7, 11) is -4.20. The van der Waals surface area contributed by atoms with E-state index in [4.69, 9.17) is 0 Å².